The van der Waals surface area contributed by atoms with Gasteiger partial charge in [0.15, 0.2) is 0 Å². The minimum Gasteiger partial charge on any atom is -0.478 e. The first-order valence-corrected chi connectivity index (χ1v) is 8.78. The number of carbonyl (C=O) groups is 1. The molecule has 2 aromatic heterocycles. The molecule has 0 aliphatic carbocycles. The van der Waals surface area contributed by atoms with Crippen LogP contribution >= 0.6 is 11.6 Å². The molecular formula is C20H20ClN3O2. The number of aromatic carboxylic acids is 1. The minimum atomic E-state index is -0.975. The Morgan fingerprint density at radius 3 is 2.73 bits per heavy atom. The van der Waals surface area contributed by atoms with Crippen LogP contribution in [-0.2, 0) is 6.54 Å². The van der Waals surface area contributed by atoms with Crippen LogP contribution in [0.25, 0.3) is 23.1 Å². The first-order valence-electron chi connectivity index (χ1n) is 8.41. The van der Waals surface area contributed by atoms with Crippen molar-refractivity contribution in [2.45, 2.75) is 27.3 Å². The monoisotopic (exact) mass is 369 g/mol. The molecule has 0 radical (unpaired) electrons. The average Bonchev–Trinajstić information content (AvgIpc) is 2.85. The molecule has 0 spiro atoms. The molecule has 0 amide bonds. The number of nitrogens with zero attached hydrogens (tertiary/aromatic N) is 3. The van der Waals surface area contributed by atoms with E-state index in [2.05, 4.69) is 23.9 Å². The first kappa shape index (κ1) is 18.1. The lowest BCUT2D eigenvalue weighted by molar-refractivity contribution is 0.0699. The molecule has 0 atom stereocenters. The van der Waals surface area contributed by atoms with Gasteiger partial charge in [0.2, 0.25) is 0 Å². The highest BCUT2D eigenvalue weighted by Crippen LogP contribution is 2.24. The predicted octanol–water partition coefficient (Wildman–Crippen LogP) is 4.92. The molecule has 1 N–H and O–H groups in total. The number of rotatable bonds is 5. The van der Waals surface area contributed by atoms with Gasteiger partial charge in [0.05, 0.1) is 22.5 Å². The van der Waals surface area contributed by atoms with E-state index in [0.29, 0.717) is 27.7 Å². The van der Waals surface area contributed by atoms with Crippen LogP contribution in [0.15, 0.2) is 30.3 Å². The van der Waals surface area contributed by atoms with Crippen LogP contribution in [0, 0.1) is 12.8 Å². The summed E-state index contributed by atoms with van der Waals surface area (Å²) >= 11 is 6.45. The van der Waals surface area contributed by atoms with Gasteiger partial charge >= 0.3 is 5.97 Å². The predicted molar refractivity (Wildman–Crippen MR) is 104 cm³/mol. The molecule has 3 rings (SSSR count). The average molecular weight is 370 g/mol. The second kappa shape index (κ2) is 7.30. The summed E-state index contributed by atoms with van der Waals surface area (Å²) in [5, 5.41) is 15.2. The molecule has 26 heavy (non-hydrogen) atoms. The van der Waals surface area contributed by atoms with Crippen LogP contribution in [0.4, 0.5) is 0 Å². The van der Waals surface area contributed by atoms with E-state index in [0.717, 1.165) is 17.8 Å². The highest BCUT2D eigenvalue weighted by atomic mass is 35.5. The van der Waals surface area contributed by atoms with Crippen LogP contribution in [0.2, 0.25) is 5.15 Å². The molecule has 3 aromatic rings. The first-order chi connectivity index (χ1) is 12.4. The number of hydrogen-bond donors (Lipinski definition) is 1. The van der Waals surface area contributed by atoms with Gasteiger partial charge in [-0.3, -0.25) is 4.68 Å². The van der Waals surface area contributed by atoms with Gasteiger partial charge in [0.1, 0.15) is 5.15 Å². The summed E-state index contributed by atoms with van der Waals surface area (Å²) in [4.78, 5) is 16.1. The number of fused-ring (bicyclic) bond motifs is 1. The van der Waals surface area contributed by atoms with Crippen molar-refractivity contribution in [2.24, 2.45) is 5.92 Å². The van der Waals surface area contributed by atoms with E-state index in [4.69, 9.17) is 11.6 Å². The van der Waals surface area contributed by atoms with Crippen molar-refractivity contribution in [3.8, 4) is 0 Å². The van der Waals surface area contributed by atoms with Crippen molar-refractivity contribution in [3.63, 3.8) is 0 Å². The molecule has 0 aliphatic rings. The minimum absolute atomic E-state index is 0.230. The number of carboxylic acids is 1. The van der Waals surface area contributed by atoms with Crippen molar-refractivity contribution >= 4 is 40.6 Å². The summed E-state index contributed by atoms with van der Waals surface area (Å²) in [6.45, 7) is 6.86. The molecule has 0 saturated carbocycles. The molecule has 0 bridgehead atoms. The van der Waals surface area contributed by atoms with Crippen LogP contribution in [0.1, 0.15) is 41.2 Å². The lowest BCUT2D eigenvalue weighted by Gasteiger charge is -2.05. The number of carboxylic acid groups (broad SMARTS) is 1. The van der Waals surface area contributed by atoms with Crippen molar-refractivity contribution < 1.29 is 9.90 Å². The maximum Gasteiger partial charge on any atom is 0.336 e. The largest absolute Gasteiger partial charge is 0.478 e. The van der Waals surface area contributed by atoms with Crippen LogP contribution < -0.4 is 0 Å². The summed E-state index contributed by atoms with van der Waals surface area (Å²) in [7, 11) is 0. The molecule has 0 aliphatic heterocycles. The number of halogens is 1. The third-order valence-electron chi connectivity index (χ3n) is 4.03. The Hall–Kier alpha value is -2.66. The maximum absolute atomic E-state index is 11.6. The smallest absolute Gasteiger partial charge is 0.336 e. The Morgan fingerprint density at radius 1 is 1.31 bits per heavy atom. The number of para-hydroxylation sites is 1. The fraction of sp³-hybridized carbons (Fsp3) is 0.250. The summed E-state index contributed by atoms with van der Waals surface area (Å²) in [6.07, 6.45) is 3.61. The Balaban J connectivity index is 2.01. The van der Waals surface area contributed by atoms with Crippen molar-refractivity contribution in [1.82, 2.24) is 14.8 Å². The van der Waals surface area contributed by atoms with E-state index in [1.165, 1.54) is 0 Å². The summed E-state index contributed by atoms with van der Waals surface area (Å²) in [6, 6.07) is 8.78. The summed E-state index contributed by atoms with van der Waals surface area (Å²) in [5.74, 6) is -0.541. The highest BCUT2D eigenvalue weighted by Gasteiger charge is 2.13. The molecule has 0 unspecified atom stereocenters. The Labute approximate surface area is 156 Å². The van der Waals surface area contributed by atoms with E-state index in [1.54, 1.807) is 35.0 Å². The normalized spacial score (nSPS) is 11.7. The van der Waals surface area contributed by atoms with E-state index >= 15 is 0 Å². The number of pyridine rings is 1. The van der Waals surface area contributed by atoms with E-state index in [9.17, 15) is 9.90 Å². The van der Waals surface area contributed by atoms with Crippen LogP contribution in [0.3, 0.4) is 0 Å². The van der Waals surface area contributed by atoms with Gasteiger partial charge in [-0.05, 0) is 37.1 Å². The quantitative estimate of drug-likeness (QED) is 0.693. The summed E-state index contributed by atoms with van der Waals surface area (Å²) in [5.41, 5.74) is 3.08. The topological polar surface area (TPSA) is 68.0 Å². The molecular weight excluding hydrogens is 350 g/mol. The standard InChI is InChI=1S/C20H20ClN3O2/c1-12(2)11-24-19(21)15(13(3)23-24)9-8-14-10-17(20(25)26)16-6-4-5-7-18(16)22-14/h4-10,12H,11H2,1-3H3,(H,25,26)/b9-8+. The summed E-state index contributed by atoms with van der Waals surface area (Å²) < 4.78 is 1.79. The van der Waals surface area contributed by atoms with E-state index in [1.807, 2.05) is 19.1 Å². The third-order valence-corrected chi connectivity index (χ3v) is 4.43. The maximum atomic E-state index is 11.6. The number of benzene rings is 1. The zero-order valence-electron chi connectivity index (χ0n) is 14.9. The zero-order valence-corrected chi connectivity index (χ0v) is 15.7. The molecule has 6 heteroatoms. The van der Waals surface area contributed by atoms with Gasteiger partial charge in [-0.2, -0.15) is 5.10 Å². The Kier molecular flexibility index (Phi) is 5.09. The number of aryl methyl sites for hydroxylation is 1. The van der Waals surface area contributed by atoms with Crippen LogP contribution in [0.5, 0.6) is 0 Å². The van der Waals surface area contributed by atoms with Crippen molar-refractivity contribution in [2.75, 3.05) is 0 Å². The second-order valence-corrected chi connectivity index (χ2v) is 6.97. The van der Waals surface area contributed by atoms with Crippen molar-refractivity contribution in [3.05, 3.63) is 58.0 Å². The zero-order chi connectivity index (χ0) is 18.8. The molecule has 0 fully saturated rings. The second-order valence-electron chi connectivity index (χ2n) is 6.62. The van der Waals surface area contributed by atoms with Crippen LogP contribution in [-0.4, -0.2) is 25.8 Å². The fourth-order valence-corrected chi connectivity index (χ4v) is 3.16. The van der Waals surface area contributed by atoms with Gasteiger partial charge in [0, 0.05) is 17.5 Å². The molecule has 2 heterocycles. The van der Waals surface area contributed by atoms with Gasteiger partial charge in [-0.1, -0.05) is 43.6 Å². The van der Waals surface area contributed by atoms with Crippen molar-refractivity contribution in [1.29, 1.82) is 0 Å². The number of hydrogen-bond acceptors (Lipinski definition) is 3. The van der Waals surface area contributed by atoms with Gasteiger partial charge < -0.3 is 5.11 Å². The molecule has 1 aromatic carbocycles. The van der Waals surface area contributed by atoms with E-state index in [-0.39, 0.29) is 5.56 Å². The molecule has 5 nitrogen and oxygen atoms in total. The SMILES string of the molecule is Cc1nn(CC(C)C)c(Cl)c1/C=C/c1cc(C(=O)O)c2ccccc2n1. The lowest BCUT2D eigenvalue weighted by atomic mass is 10.1. The van der Waals surface area contributed by atoms with Gasteiger partial charge in [0.25, 0.3) is 0 Å². The number of aromatic nitrogens is 3. The van der Waals surface area contributed by atoms with Gasteiger partial charge in [-0.15, -0.1) is 0 Å². The Bertz CT molecular complexity index is 1010. The lowest BCUT2D eigenvalue weighted by Crippen LogP contribution is -2.06. The molecule has 0 saturated heterocycles. The fourth-order valence-electron chi connectivity index (χ4n) is 2.85. The molecule has 134 valence electrons. The highest BCUT2D eigenvalue weighted by molar-refractivity contribution is 6.31. The third kappa shape index (κ3) is 3.63. The Morgan fingerprint density at radius 2 is 2.04 bits per heavy atom. The van der Waals surface area contributed by atoms with E-state index < -0.39 is 5.97 Å². The van der Waals surface area contributed by atoms with Gasteiger partial charge in [-0.25, -0.2) is 9.78 Å².